The van der Waals surface area contributed by atoms with Gasteiger partial charge in [-0.3, -0.25) is 4.79 Å². The number of imidazole rings is 1. The average molecular weight is 385 g/mol. The summed E-state index contributed by atoms with van der Waals surface area (Å²) in [6.45, 7) is 1.80. The Morgan fingerprint density at radius 3 is 2.76 bits per heavy atom. The molecule has 0 atom stereocenters. The predicted octanol–water partition coefficient (Wildman–Crippen LogP) is 3.42. The van der Waals surface area contributed by atoms with E-state index in [9.17, 15) is 9.59 Å². The Kier molecular flexibility index (Phi) is 3.77. The van der Waals surface area contributed by atoms with Gasteiger partial charge in [-0.25, -0.2) is 9.78 Å². The van der Waals surface area contributed by atoms with Gasteiger partial charge in [0.15, 0.2) is 0 Å². The molecular formula is C21H15N5O3. The van der Waals surface area contributed by atoms with E-state index >= 15 is 0 Å². The molecule has 2 aromatic carbocycles. The molecule has 0 fully saturated rings. The van der Waals surface area contributed by atoms with E-state index in [0.29, 0.717) is 28.4 Å². The Morgan fingerprint density at radius 1 is 1.10 bits per heavy atom. The van der Waals surface area contributed by atoms with E-state index in [4.69, 9.17) is 4.42 Å². The third-order valence-corrected chi connectivity index (χ3v) is 4.54. The van der Waals surface area contributed by atoms with E-state index in [1.807, 2.05) is 30.3 Å². The zero-order chi connectivity index (χ0) is 20.0. The highest BCUT2D eigenvalue weighted by atomic mass is 16.4. The van der Waals surface area contributed by atoms with E-state index in [1.165, 1.54) is 10.7 Å². The van der Waals surface area contributed by atoms with Crippen LogP contribution in [0, 0.1) is 6.92 Å². The topological polar surface area (TPSA) is 106 Å². The van der Waals surface area contributed by atoms with Crippen molar-refractivity contribution >= 4 is 33.7 Å². The summed E-state index contributed by atoms with van der Waals surface area (Å²) in [4.78, 5) is 32.8. The number of aryl methyl sites for hydroxylation is 1. The predicted molar refractivity (Wildman–Crippen MR) is 108 cm³/mol. The molecule has 0 unspecified atom stereocenters. The number of nitrogens with one attached hydrogen (secondary N) is 2. The van der Waals surface area contributed by atoms with E-state index in [1.54, 1.807) is 31.2 Å². The number of H-pyrrole nitrogens is 1. The van der Waals surface area contributed by atoms with Gasteiger partial charge < -0.3 is 14.7 Å². The molecule has 0 saturated heterocycles. The number of amides is 1. The van der Waals surface area contributed by atoms with Crippen molar-refractivity contribution in [1.29, 1.82) is 0 Å². The molecule has 0 saturated carbocycles. The number of aromatic nitrogens is 4. The molecule has 0 bridgehead atoms. The molecule has 8 nitrogen and oxygen atoms in total. The van der Waals surface area contributed by atoms with Crippen molar-refractivity contribution in [3.63, 3.8) is 0 Å². The zero-order valence-electron chi connectivity index (χ0n) is 15.3. The van der Waals surface area contributed by atoms with Crippen LogP contribution in [0.25, 0.3) is 28.0 Å². The first kappa shape index (κ1) is 16.9. The molecule has 5 rings (SSSR count). The van der Waals surface area contributed by atoms with Crippen molar-refractivity contribution in [3.05, 3.63) is 82.3 Å². The number of carbonyl (C=O) groups is 1. The van der Waals surface area contributed by atoms with E-state index in [0.717, 1.165) is 11.0 Å². The quantitative estimate of drug-likeness (QED) is 0.463. The van der Waals surface area contributed by atoms with E-state index in [-0.39, 0.29) is 5.56 Å². The summed E-state index contributed by atoms with van der Waals surface area (Å²) in [7, 11) is 0. The molecule has 3 heterocycles. The second kappa shape index (κ2) is 6.45. The number of aromatic amines is 1. The molecule has 0 aliphatic heterocycles. The van der Waals surface area contributed by atoms with E-state index < -0.39 is 11.5 Å². The lowest BCUT2D eigenvalue weighted by atomic mass is 10.2. The fourth-order valence-corrected chi connectivity index (χ4v) is 3.19. The van der Waals surface area contributed by atoms with Gasteiger partial charge in [-0.2, -0.15) is 9.78 Å². The molecule has 8 heteroatoms. The van der Waals surface area contributed by atoms with Gasteiger partial charge in [0.1, 0.15) is 17.0 Å². The number of para-hydroxylation sites is 3. The van der Waals surface area contributed by atoms with Crippen LogP contribution in [0.2, 0.25) is 0 Å². The molecule has 0 radical (unpaired) electrons. The Bertz CT molecular complexity index is 1410. The lowest BCUT2D eigenvalue weighted by Crippen LogP contribution is -2.22. The standard InChI is InChI=1S/C21H15N5O3/c1-12-10-18(26(25-12)21-22-15-7-3-4-8-16(15)23-21)24-19(27)14-11-13-6-2-5-9-17(13)29-20(14)28/h2-11H,1H3,(H,22,23)(H,24,27). The van der Waals surface area contributed by atoms with Crippen LogP contribution in [0.3, 0.4) is 0 Å². The molecule has 0 spiro atoms. The average Bonchev–Trinajstić information content (AvgIpc) is 3.30. The van der Waals surface area contributed by atoms with Crippen molar-refractivity contribution in [2.45, 2.75) is 6.92 Å². The summed E-state index contributed by atoms with van der Waals surface area (Å²) in [6, 6.07) is 17.8. The maximum Gasteiger partial charge on any atom is 0.349 e. The largest absolute Gasteiger partial charge is 0.422 e. The highest BCUT2D eigenvalue weighted by Crippen LogP contribution is 2.19. The lowest BCUT2D eigenvalue weighted by molar-refractivity contribution is 0.102. The Balaban J connectivity index is 1.53. The molecular weight excluding hydrogens is 370 g/mol. The fraction of sp³-hybridized carbons (Fsp3) is 0.0476. The van der Waals surface area contributed by atoms with Crippen LogP contribution in [0.5, 0.6) is 0 Å². The monoisotopic (exact) mass is 385 g/mol. The normalized spacial score (nSPS) is 11.2. The van der Waals surface area contributed by atoms with Gasteiger partial charge in [0.25, 0.3) is 5.91 Å². The maximum atomic E-state index is 12.8. The first-order valence-electron chi connectivity index (χ1n) is 8.94. The molecule has 29 heavy (non-hydrogen) atoms. The van der Waals surface area contributed by atoms with Gasteiger partial charge in [0.05, 0.1) is 16.7 Å². The molecule has 5 aromatic rings. The highest BCUT2D eigenvalue weighted by Gasteiger charge is 2.18. The minimum Gasteiger partial charge on any atom is -0.422 e. The lowest BCUT2D eigenvalue weighted by Gasteiger charge is -2.06. The van der Waals surface area contributed by atoms with Gasteiger partial charge in [0.2, 0.25) is 5.95 Å². The first-order chi connectivity index (χ1) is 14.1. The summed E-state index contributed by atoms with van der Waals surface area (Å²) in [5.74, 6) is 0.265. The number of fused-ring (bicyclic) bond motifs is 2. The summed E-state index contributed by atoms with van der Waals surface area (Å²) < 4.78 is 6.75. The Hall–Kier alpha value is -4.20. The summed E-state index contributed by atoms with van der Waals surface area (Å²) in [5.41, 5.74) is 1.96. The van der Waals surface area contributed by atoms with Crippen LogP contribution >= 0.6 is 0 Å². The maximum absolute atomic E-state index is 12.8. The van der Waals surface area contributed by atoms with Gasteiger partial charge in [0, 0.05) is 11.5 Å². The van der Waals surface area contributed by atoms with Crippen LogP contribution < -0.4 is 10.9 Å². The van der Waals surface area contributed by atoms with Gasteiger partial charge in [-0.05, 0) is 31.2 Å². The molecule has 142 valence electrons. The minimum absolute atomic E-state index is 0.0845. The molecule has 0 aliphatic rings. The zero-order valence-corrected chi connectivity index (χ0v) is 15.3. The second-order valence-corrected chi connectivity index (χ2v) is 6.60. The van der Waals surface area contributed by atoms with Crippen molar-refractivity contribution in [2.24, 2.45) is 0 Å². The first-order valence-corrected chi connectivity index (χ1v) is 8.94. The summed E-state index contributed by atoms with van der Waals surface area (Å²) >= 11 is 0. The van der Waals surface area contributed by atoms with Crippen LogP contribution in [-0.4, -0.2) is 25.7 Å². The third kappa shape index (κ3) is 2.96. The number of rotatable bonds is 3. The molecule has 0 aliphatic carbocycles. The van der Waals surface area contributed by atoms with Crippen LogP contribution in [0.4, 0.5) is 5.82 Å². The summed E-state index contributed by atoms with van der Waals surface area (Å²) in [6.07, 6.45) is 0. The van der Waals surface area contributed by atoms with Gasteiger partial charge in [-0.15, -0.1) is 0 Å². The van der Waals surface area contributed by atoms with Gasteiger partial charge >= 0.3 is 5.63 Å². The fourth-order valence-electron chi connectivity index (χ4n) is 3.19. The van der Waals surface area contributed by atoms with E-state index in [2.05, 4.69) is 20.4 Å². The molecule has 1 amide bonds. The van der Waals surface area contributed by atoms with Crippen LogP contribution in [0.1, 0.15) is 16.1 Å². The van der Waals surface area contributed by atoms with Crippen LogP contribution in [0.15, 0.2) is 69.9 Å². The Morgan fingerprint density at radius 2 is 1.90 bits per heavy atom. The molecule has 3 aromatic heterocycles. The van der Waals surface area contributed by atoms with Crippen LogP contribution in [-0.2, 0) is 0 Å². The van der Waals surface area contributed by atoms with Crippen molar-refractivity contribution in [3.8, 4) is 5.95 Å². The van der Waals surface area contributed by atoms with Crippen molar-refractivity contribution in [2.75, 3.05) is 5.32 Å². The third-order valence-electron chi connectivity index (χ3n) is 4.54. The number of hydrogen-bond donors (Lipinski definition) is 2. The number of benzene rings is 2. The Labute approximate surface area is 163 Å². The molecule has 2 N–H and O–H groups in total. The smallest absolute Gasteiger partial charge is 0.349 e. The highest BCUT2D eigenvalue weighted by molar-refractivity contribution is 6.05. The number of hydrogen-bond acceptors (Lipinski definition) is 5. The SMILES string of the molecule is Cc1cc(NC(=O)c2cc3ccccc3oc2=O)n(-c2nc3ccccc3[nH]2)n1. The number of anilines is 1. The second-order valence-electron chi connectivity index (χ2n) is 6.60. The number of nitrogens with zero attached hydrogens (tertiary/aromatic N) is 3. The van der Waals surface area contributed by atoms with Crippen molar-refractivity contribution < 1.29 is 9.21 Å². The summed E-state index contributed by atoms with van der Waals surface area (Å²) in [5, 5.41) is 7.81. The van der Waals surface area contributed by atoms with Crippen molar-refractivity contribution in [1.82, 2.24) is 19.7 Å². The minimum atomic E-state index is -0.701. The van der Waals surface area contributed by atoms with Gasteiger partial charge in [-0.1, -0.05) is 30.3 Å². The number of carbonyl (C=O) groups excluding carboxylic acids is 1.